The third-order valence-corrected chi connectivity index (χ3v) is 7.40. The van der Waals surface area contributed by atoms with Crippen molar-refractivity contribution in [3.8, 4) is 5.69 Å². The smallest absolute Gasteiger partial charge is 0.230 e. The molecule has 1 heterocycles. The van der Waals surface area contributed by atoms with Gasteiger partial charge in [0.1, 0.15) is 5.82 Å². The SMILES string of the molecule is C[C@@H](NC(=O)CSc1nnc([C@H](C)N(C)C)n1-c1ccc(F)cc1)c1ccc2c(c1)CCCC2. The molecule has 0 unspecified atom stereocenters. The highest BCUT2D eigenvalue weighted by atomic mass is 32.2. The molecule has 4 rings (SSSR count). The zero-order valence-corrected chi connectivity index (χ0v) is 21.0. The Hall–Kier alpha value is -2.71. The van der Waals surface area contributed by atoms with E-state index < -0.39 is 0 Å². The molecule has 1 aliphatic rings. The topological polar surface area (TPSA) is 63.1 Å². The van der Waals surface area contributed by atoms with E-state index in [9.17, 15) is 9.18 Å². The van der Waals surface area contributed by atoms with Crippen LogP contribution in [0.15, 0.2) is 47.6 Å². The third-order valence-electron chi connectivity index (χ3n) is 6.47. The second-order valence-corrected chi connectivity index (χ2v) is 10.0. The molecule has 0 radical (unpaired) electrons. The van der Waals surface area contributed by atoms with Gasteiger partial charge in [-0.1, -0.05) is 30.0 Å². The minimum Gasteiger partial charge on any atom is -0.349 e. The molecule has 0 saturated carbocycles. The molecule has 1 aromatic heterocycles. The molecule has 0 aliphatic heterocycles. The monoisotopic (exact) mass is 481 g/mol. The number of rotatable bonds is 8. The number of benzene rings is 2. The fourth-order valence-corrected chi connectivity index (χ4v) is 5.00. The molecule has 6 nitrogen and oxygen atoms in total. The van der Waals surface area contributed by atoms with E-state index in [1.807, 2.05) is 37.4 Å². The standard InChI is InChI=1S/C26H32FN5OS/c1-17(20-10-9-19-7-5-6-8-21(19)15-20)28-24(33)16-34-26-30-29-25(18(2)31(3)4)32(26)23-13-11-22(27)12-14-23/h9-15,17-18H,5-8,16H2,1-4H3,(H,28,33)/t17-,18+/m1/s1. The number of nitrogens with zero attached hydrogens (tertiary/aromatic N) is 4. The normalized spacial score (nSPS) is 15.1. The molecule has 2 atom stereocenters. The van der Waals surface area contributed by atoms with Gasteiger partial charge in [0.15, 0.2) is 11.0 Å². The quantitative estimate of drug-likeness (QED) is 0.465. The van der Waals surface area contributed by atoms with Crippen LogP contribution in [0, 0.1) is 5.82 Å². The van der Waals surface area contributed by atoms with Gasteiger partial charge >= 0.3 is 0 Å². The molecule has 1 amide bonds. The van der Waals surface area contributed by atoms with Crippen LogP contribution in [-0.4, -0.2) is 45.4 Å². The number of amides is 1. The van der Waals surface area contributed by atoms with Gasteiger partial charge in [-0.15, -0.1) is 10.2 Å². The summed E-state index contributed by atoms with van der Waals surface area (Å²) >= 11 is 1.33. The molecule has 3 aromatic rings. The molecule has 0 fully saturated rings. The Balaban J connectivity index is 1.46. The van der Waals surface area contributed by atoms with Crippen molar-refractivity contribution in [3.05, 3.63) is 70.8 Å². The lowest BCUT2D eigenvalue weighted by molar-refractivity contribution is -0.119. The first-order valence-electron chi connectivity index (χ1n) is 11.7. The number of halogens is 1. The summed E-state index contributed by atoms with van der Waals surface area (Å²) in [4.78, 5) is 14.8. The van der Waals surface area contributed by atoms with Crippen molar-refractivity contribution in [3.63, 3.8) is 0 Å². The Morgan fingerprint density at radius 2 is 1.79 bits per heavy atom. The van der Waals surface area contributed by atoms with Crippen LogP contribution in [0.4, 0.5) is 4.39 Å². The maximum atomic E-state index is 13.5. The summed E-state index contributed by atoms with van der Waals surface area (Å²) in [6.07, 6.45) is 4.76. The Labute approximate surface area is 205 Å². The zero-order valence-electron chi connectivity index (χ0n) is 20.2. The summed E-state index contributed by atoms with van der Waals surface area (Å²) in [5.74, 6) is 0.585. The Bertz CT molecular complexity index is 1140. The minimum absolute atomic E-state index is 0.00948. The predicted octanol–water partition coefficient (Wildman–Crippen LogP) is 4.88. The first kappa shape index (κ1) is 24.4. The van der Waals surface area contributed by atoms with Crippen molar-refractivity contribution < 1.29 is 9.18 Å². The molecule has 8 heteroatoms. The van der Waals surface area contributed by atoms with Crippen LogP contribution in [0.2, 0.25) is 0 Å². The van der Waals surface area contributed by atoms with Gasteiger partial charge < -0.3 is 5.32 Å². The van der Waals surface area contributed by atoms with Crippen molar-refractivity contribution in [2.24, 2.45) is 0 Å². The van der Waals surface area contributed by atoms with Crippen LogP contribution in [0.5, 0.6) is 0 Å². The van der Waals surface area contributed by atoms with Crippen molar-refractivity contribution in [2.45, 2.75) is 56.8 Å². The van der Waals surface area contributed by atoms with Crippen LogP contribution in [0.1, 0.15) is 61.3 Å². The highest BCUT2D eigenvalue weighted by Crippen LogP contribution is 2.28. The summed E-state index contributed by atoms with van der Waals surface area (Å²) in [5.41, 5.74) is 4.75. The van der Waals surface area contributed by atoms with Gasteiger partial charge in [0.25, 0.3) is 0 Å². The first-order chi connectivity index (χ1) is 16.3. The van der Waals surface area contributed by atoms with E-state index in [1.165, 1.54) is 47.9 Å². The van der Waals surface area contributed by atoms with Crippen LogP contribution in [-0.2, 0) is 17.6 Å². The van der Waals surface area contributed by atoms with Crippen molar-refractivity contribution in [1.29, 1.82) is 0 Å². The van der Waals surface area contributed by atoms with Crippen LogP contribution in [0.3, 0.4) is 0 Å². The minimum atomic E-state index is -0.302. The van der Waals surface area contributed by atoms with Gasteiger partial charge in [-0.2, -0.15) is 0 Å². The highest BCUT2D eigenvalue weighted by Gasteiger charge is 2.22. The van der Waals surface area contributed by atoms with E-state index in [4.69, 9.17) is 0 Å². The molecule has 1 aliphatic carbocycles. The largest absolute Gasteiger partial charge is 0.349 e. The number of carbonyl (C=O) groups is 1. The number of aromatic nitrogens is 3. The van der Waals surface area contributed by atoms with Gasteiger partial charge in [-0.25, -0.2) is 4.39 Å². The Morgan fingerprint density at radius 1 is 1.09 bits per heavy atom. The maximum absolute atomic E-state index is 13.5. The molecule has 180 valence electrons. The van der Waals surface area contributed by atoms with Gasteiger partial charge in [-0.05, 0) is 94.6 Å². The van der Waals surface area contributed by atoms with Crippen LogP contribution in [0.25, 0.3) is 5.69 Å². The Morgan fingerprint density at radius 3 is 2.50 bits per heavy atom. The van der Waals surface area contributed by atoms with Gasteiger partial charge in [0.05, 0.1) is 17.8 Å². The fraction of sp³-hybridized carbons (Fsp3) is 0.423. The first-order valence-corrected chi connectivity index (χ1v) is 12.7. The second-order valence-electron chi connectivity index (χ2n) is 9.11. The summed E-state index contributed by atoms with van der Waals surface area (Å²) in [7, 11) is 3.94. The molecule has 34 heavy (non-hydrogen) atoms. The number of nitrogens with one attached hydrogen (secondary N) is 1. The third kappa shape index (κ3) is 5.50. The zero-order chi connectivity index (χ0) is 24.2. The summed E-state index contributed by atoms with van der Waals surface area (Å²) in [6.45, 7) is 4.05. The summed E-state index contributed by atoms with van der Waals surface area (Å²) < 4.78 is 15.4. The number of hydrogen-bond donors (Lipinski definition) is 1. The lowest BCUT2D eigenvalue weighted by atomic mass is 9.89. The summed E-state index contributed by atoms with van der Waals surface area (Å²) in [6, 6.07) is 12.7. The van der Waals surface area contributed by atoms with Crippen LogP contribution < -0.4 is 5.32 Å². The molecule has 2 aromatic carbocycles. The molecule has 0 saturated heterocycles. The maximum Gasteiger partial charge on any atom is 0.230 e. The lowest BCUT2D eigenvalue weighted by Crippen LogP contribution is -2.28. The van der Waals surface area contributed by atoms with Gasteiger partial charge in [0, 0.05) is 5.69 Å². The number of fused-ring (bicyclic) bond motifs is 1. The highest BCUT2D eigenvalue weighted by molar-refractivity contribution is 7.99. The molecule has 0 spiro atoms. The average Bonchev–Trinajstić information content (AvgIpc) is 3.26. The van der Waals surface area contributed by atoms with Gasteiger partial charge in [-0.3, -0.25) is 14.3 Å². The van der Waals surface area contributed by atoms with E-state index in [1.54, 1.807) is 12.1 Å². The summed E-state index contributed by atoms with van der Waals surface area (Å²) in [5, 5.41) is 12.5. The molecular weight excluding hydrogens is 449 g/mol. The van der Waals surface area contributed by atoms with Crippen molar-refractivity contribution in [1.82, 2.24) is 25.0 Å². The fourth-order valence-electron chi connectivity index (χ4n) is 4.23. The average molecular weight is 482 g/mol. The second kappa shape index (κ2) is 10.7. The molecule has 1 N–H and O–H groups in total. The lowest BCUT2D eigenvalue weighted by Gasteiger charge is -2.21. The predicted molar refractivity (Wildman–Crippen MR) is 134 cm³/mol. The van der Waals surface area contributed by atoms with Crippen molar-refractivity contribution >= 4 is 17.7 Å². The number of thioether (sulfide) groups is 1. The number of carbonyl (C=O) groups excluding carboxylic acids is 1. The number of aryl methyl sites for hydroxylation is 2. The van der Waals surface area contributed by atoms with Gasteiger partial charge in [0.2, 0.25) is 5.91 Å². The van der Waals surface area contributed by atoms with E-state index >= 15 is 0 Å². The molecule has 0 bridgehead atoms. The van der Waals surface area contributed by atoms with Crippen LogP contribution >= 0.6 is 11.8 Å². The van der Waals surface area contributed by atoms with E-state index in [2.05, 4.69) is 33.7 Å². The molecular formula is C26H32FN5OS. The van der Waals surface area contributed by atoms with E-state index in [-0.39, 0.29) is 29.6 Å². The van der Waals surface area contributed by atoms with E-state index in [0.29, 0.717) is 5.16 Å². The number of hydrogen-bond acceptors (Lipinski definition) is 5. The van der Waals surface area contributed by atoms with Crippen molar-refractivity contribution in [2.75, 3.05) is 19.8 Å². The Kier molecular flexibility index (Phi) is 7.68. The van der Waals surface area contributed by atoms with E-state index in [0.717, 1.165) is 29.9 Å².